The summed E-state index contributed by atoms with van der Waals surface area (Å²) in [4.78, 5) is 32.9. The Bertz CT molecular complexity index is 981. The number of fused-ring (bicyclic) bond motifs is 1. The molecule has 1 heterocycles. The van der Waals surface area contributed by atoms with Crippen LogP contribution in [0, 0.1) is 0 Å². The number of amides is 2. The zero-order chi connectivity index (χ0) is 23.9. The van der Waals surface area contributed by atoms with E-state index in [-0.39, 0.29) is 11.8 Å². The summed E-state index contributed by atoms with van der Waals surface area (Å²) in [6.07, 6.45) is 13.6. The van der Waals surface area contributed by atoms with Crippen LogP contribution >= 0.6 is 0 Å². The lowest BCUT2D eigenvalue weighted by Crippen LogP contribution is -2.50. The summed E-state index contributed by atoms with van der Waals surface area (Å²) in [5.41, 5.74) is 2.46. The molecule has 34 heavy (non-hydrogen) atoms. The van der Waals surface area contributed by atoms with Gasteiger partial charge in [-0.05, 0) is 51.2 Å². The fraction of sp³-hybridized carbons (Fsp3) is 0.607. The molecule has 6 heteroatoms. The van der Waals surface area contributed by atoms with E-state index in [2.05, 4.69) is 27.4 Å². The molecule has 184 valence electrons. The molecule has 6 nitrogen and oxygen atoms in total. The van der Waals surface area contributed by atoms with Crippen molar-refractivity contribution in [3.8, 4) is 0 Å². The normalized spacial score (nSPS) is 17.6. The van der Waals surface area contributed by atoms with Crippen LogP contribution in [0.15, 0.2) is 36.4 Å². The highest BCUT2D eigenvalue weighted by molar-refractivity contribution is 5.92. The van der Waals surface area contributed by atoms with Gasteiger partial charge in [0.2, 0.25) is 11.8 Å². The highest BCUT2D eigenvalue weighted by Gasteiger charge is 2.32. The molecule has 2 amide bonds. The van der Waals surface area contributed by atoms with Crippen LogP contribution in [-0.4, -0.2) is 44.9 Å². The molecule has 2 saturated carbocycles. The molecule has 2 aliphatic carbocycles. The lowest BCUT2D eigenvalue weighted by Gasteiger charge is -2.42. The van der Waals surface area contributed by atoms with E-state index in [0.29, 0.717) is 37.2 Å². The van der Waals surface area contributed by atoms with E-state index in [4.69, 9.17) is 4.98 Å². The Morgan fingerprint density at radius 3 is 2.26 bits per heavy atom. The van der Waals surface area contributed by atoms with E-state index < -0.39 is 0 Å². The van der Waals surface area contributed by atoms with E-state index in [1.165, 1.54) is 38.5 Å². The number of imidazole rings is 1. The number of para-hydroxylation sites is 2. The molecule has 1 aromatic heterocycles. The topological polar surface area (TPSA) is 67.2 Å². The summed E-state index contributed by atoms with van der Waals surface area (Å²) < 4.78 is 2.12. The maximum absolute atomic E-state index is 13.9. The molecule has 1 aromatic carbocycles. The smallest absolute Gasteiger partial charge is 0.246 e. The fourth-order valence-corrected chi connectivity index (χ4v) is 5.73. The minimum atomic E-state index is -0.112. The molecule has 2 aromatic rings. The average molecular weight is 465 g/mol. The van der Waals surface area contributed by atoms with Crippen LogP contribution in [-0.2, 0) is 22.6 Å². The average Bonchev–Trinajstić information content (AvgIpc) is 3.20. The lowest BCUT2D eigenvalue weighted by molar-refractivity contribution is -0.138. The van der Waals surface area contributed by atoms with Crippen molar-refractivity contribution in [2.45, 2.75) is 103 Å². The minimum Gasteiger partial charge on any atom is -0.352 e. The number of carbonyl (C=O) groups is 2. The van der Waals surface area contributed by atoms with Crippen molar-refractivity contribution in [3.63, 3.8) is 0 Å². The monoisotopic (exact) mass is 464 g/mol. The molecular weight excluding hydrogens is 424 g/mol. The highest BCUT2D eigenvalue weighted by atomic mass is 16.2. The van der Waals surface area contributed by atoms with E-state index in [1.54, 1.807) is 6.92 Å². The van der Waals surface area contributed by atoms with Gasteiger partial charge in [0.1, 0.15) is 12.4 Å². The SMILES string of the molecule is C=C(C)C(=O)NCCCc1nc2ccccc2n1CC(=O)N(C1CCCCC1)C1CCCCC1. The number of carbonyl (C=O) groups excluding carboxylic acids is 2. The van der Waals surface area contributed by atoms with Crippen LogP contribution in [0.25, 0.3) is 11.0 Å². The first-order chi connectivity index (χ1) is 16.5. The minimum absolute atomic E-state index is 0.112. The largest absolute Gasteiger partial charge is 0.352 e. The van der Waals surface area contributed by atoms with Gasteiger partial charge in [-0.25, -0.2) is 4.98 Å². The van der Waals surface area contributed by atoms with Crippen molar-refractivity contribution in [3.05, 3.63) is 42.2 Å². The molecule has 0 spiro atoms. The molecule has 0 unspecified atom stereocenters. The fourth-order valence-electron chi connectivity index (χ4n) is 5.73. The third-order valence-electron chi connectivity index (χ3n) is 7.50. The maximum Gasteiger partial charge on any atom is 0.246 e. The van der Waals surface area contributed by atoms with Crippen molar-refractivity contribution in [2.75, 3.05) is 6.54 Å². The second-order valence-corrected chi connectivity index (χ2v) is 10.1. The molecular formula is C28H40N4O2. The van der Waals surface area contributed by atoms with Gasteiger partial charge in [-0.2, -0.15) is 0 Å². The molecule has 0 radical (unpaired) electrons. The van der Waals surface area contributed by atoms with Crippen molar-refractivity contribution >= 4 is 22.8 Å². The van der Waals surface area contributed by atoms with Gasteiger partial charge in [0.05, 0.1) is 11.0 Å². The summed E-state index contributed by atoms with van der Waals surface area (Å²) in [6.45, 7) is 6.32. The summed E-state index contributed by atoms with van der Waals surface area (Å²) in [7, 11) is 0. The Morgan fingerprint density at radius 2 is 1.65 bits per heavy atom. The molecule has 0 atom stereocenters. The molecule has 4 rings (SSSR count). The van der Waals surface area contributed by atoms with Gasteiger partial charge in [0.15, 0.2) is 0 Å². The number of hydrogen-bond donors (Lipinski definition) is 1. The van der Waals surface area contributed by atoms with Crippen LogP contribution in [0.3, 0.4) is 0 Å². The second kappa shape index (κ2) is 11.7. The Kier molecular flexibility index (Phi) is 8.41. The van der Waals surface area contributed by atoms with Crippen LogP contribution in [0.1, 0.15) is 83.4 Å². The maximum atomic E-state index is 13.9. The molecule has 0 bridgehead atoms. The molecule has 2 fully saturated rings. The lowest BCUT2D eigenvalue weighted by atomic mass is 9.88. The molecule has 1 N–H and O–H groups in total. The van der Waals surface area contributed by atoms with Crippen LogP contribution in [0.5, 0.6) is 0 Å². The predicted octanol–water partition coefficient (Wildman–Crippen LogP) is 5.16. The number of nitrogens with one attached hydrogen (secondary N) is 1. The van der Waals surface area contributed by atoms with Crippen molar-refractivity contribution < 1.29 is 9.59 Å². The number of benzene rings is 1. The van der Waals surface area contributed by atoms with Gasteiger partial charge >= 0.3 is 0 Å². The third kappa shape index (κ3) is 5.89. The zero-order valence-electron chi connectivity index (χ0n) is 20.7. The first-order valence-electron chi connectivity index (χ1n) is 13.2. The van der Waals surface area contributed by atoms with E-state index in [0.717, 1.165) is 49.0 Å². The second-order valence-electron chi connectivity index (χ2n) is 10.1. The quantitative estimate of drug-likeness (QED) is 0.412. The first kappa shape index (κ1) is 24.5. The number of aryl methyl sites for hydroxylation is 1. The Morgan fingerprint density at radius 1 is 1.03 bits per heavy atom. The van der Waals surface area contributed by atoms with E-state index in [1.807, 2.05) is 18.2 Å². The van der Waals surface area contributed by atoms with Gasteiger partial charge in [-0.15, -0.1) is 0 Å². The van der Waals surface area contributed by atoms with Crippen LogP contribution in [0.2, 0.25) is 0 Å². The van der Waals surface area contributed by atoms with Gasteiger partial charge in [0.25, 0.3) is 0 Å². The summed E-state index contributed by atoms with van der Waals surface area (Å²) >= 11 is 0. The third-order valence-corrected chi connectivity index (χ3v) is 7.50. The summed E-state index contributed by atoms with van der Waals surface area (Å²) in [6, 6.07) is 8.87. The van der Waals surface area contributed by atoms with Crippen LogP contribution < -0.4 is 5.32 Å². The van der Waals surface area contributed by atoms with Crippen molar-refractivity contribution in [1.82, 2.24) is 19.8 Å². The number of hydrogen-bond acceptors (Lipinski definition) is 3. The standard InChI is InChI=1S/C28H40N4O2/c1-21(2)28(34)29-19-11-18-26-30-24-16-9-10-17-25(24)31(26)20-27(33)32(22-12-5-3-6-13-22)23-14-7-4-8-15-23/h9-10,16-17,22-23H,1,3-8,11-15,18-20H2,2H3,(H,29,34). The van der Waals surface area contributed by atoms with Gasteiger partial charge < -0.3 is 14.8 Å². The van der Waals surface area contributed by atoms with Crippen molar-refractivity contribution in [1.29, 1.82) is 0 Å². The van der Waals surface area contributed by atoms with E-state index >= 15 is 0 Å². The first-order valence-corrected chi connectivity index (χ1v) is 13.2. The number of aromatic nitrogens is 2. The molecule has 2 aliphatic rings. The Hall–Kier alpha value is -2.63. The van der Waals surface area contributed by atoms with Crippen molar-refractivity contribution in [2.24, 2.45) is 0 Å². The Labute approximate surface area is 203 Å². The molecule has 0 saturated heterocycles. The number of nitrogens with zero attached hydrogens (tertiary/aromatic N) is 3. The molecule has 0 aliphatic heterocycles. The predicted molar refractivity (Wildman–Crippen MR) is 136 cm³/mol. The van der Waals surface area contributed by atoms with E-state index in [9.17, 15) is 9.59 Å². The van der Waals surface area contributed by atoms with Gasteiger partial charge in [-0.1, -0.05) is 57.2 Å². The Balaban J connectivity index is 1.52. The van der Waals surface area contributed by atoms with Crippen LogP contribution in [0.4, 0.5) is 0 Å². The van der Waals surface area contributed by atoms with Gasteiger partial charge in [-0.3, -0.25) is 9.59 Å². The zero-order valence-corrected chi connectivity index (χ0v) is 20.7. The van der Waals surface area contributed by atoms with Gasteiger partial charge in [0, 0.05) is 30.6 Å². The summed E-state index contributed by atoms with van der Waals surface area (Å²) in [5.74, 6) is 1.06. The highest BCUT2D eigenvalue weighted by Crippen LogP contribution is 2.31. The number of rotatable bonds is 9. The summed E-state index contributed by atoms with van der Waals surface area (Å²) in [5, 5.41) is 2.90.